The van der Waals surface area contributed by atoms with Crippen LogP contribution in [0.4, 0.5) is 0 Å². The molecular formula is C8H11NO6S. The number of amides is 1. The predicted molar refractivity (Wildman–Crippen MR) is 52.6 cm³/mol. The van der Waals surface area contributed by atoms with E-state index in [4.69, 9.17) is 0 Å². The van der Waals surface area contributed by atoms with Crippen molar-refractivity contribution >= 4 is 22.0 Å². The SMILES string of the molecule is C=CC(=O)NCC(=O)OC1CCOS1(=O)=O. The van der Waals surface area contributed by atoms with Crippen molar-refractivity contribution < 1.29 is 26.9 Å². The number of nitrogens with one attached hydrogen (secondary N) is 1. The maximum Gasteiger partial charge on any atom is 0.326 e. The standard InChI is InChI=1S/C8H11NO6S/c1-2-6(10)9-5-7(11)15-8-3-4-14-16(8,12)13/h2,8H,1,3-5H2,(H,9,10). The van der Waals surface area contributed by atoms with Crippen LogP contribution in [-0.2, 0) is 28.6 Å². The number of hydrogen-bond acceptors (Lipinski definition) is 6. The van der Waals surface area contributed by atoms with Gasteiger partial charge in [0.15, 0.2) is 0 Å². The average molecular weight is 249 g/mol. The third-order valence-electron chi connectivity index (χ3n) is 1.78. The molecule has 1 amide bonds. The van der Waals surface area contributed by atoms with Gasteiger partial charge in [-0.05, 0) is 6.08 Å². The van der Waals surface area contributed by atoms with Gasteiger partial charge in [0, 0.05) is 6.42 Å². The van der Waals surface area contributed by atoms with Gasteiger partial charge in [0.2, 0.25) is 11.3 Å². The maximum absolute atomic E-state index is 11.1. The molecule has 1 rings (SSSR count). The Morgan fingerprint density at radius 1 is 1.56 bits per heavy atom. The quantitative estimate of drug-likeness (QED) is 0.386. The largest absolute Gasteiger partial charge is 0.442 e. The van der Waals surface area contributed by atoms with Gasteiger partial charge in [-0.2, -0.15) is 8.42 Å². The first kappa shape index (κ1) is 12.7. The van der Waals surface area contributed by atoms with Crippen LogP contribution in [-0.4, -0.2) is 38.9 Å². The summed E-state index contributed by atoms with van der Waals surface area (Å²) in [7, 11) is -3.80. The summed E-state index contributed by atoms with van der Waals surface area (Å²) in [6.45, 7) is 2.78. The number of hydrogen-bond donors (Lipinski definition) is 1. The summed E-state index contributed by atoms with van der Waals surface area (Å²) in [5.74, 6) is -1.38. The van der Waals surface area contributed by atoms with E-state index >= 15 is 0 Å². The van der Waals surface area contributed by atoms with E-state index in [1.54, 1.807) is 0 Å². The Hall–Kier alpha value is -1.41. The Morgan fingerprint density at radius 2 is 2.25 bits per heavy atom. The third-order valence-corrected chi connectivity index (χ3v) is 3.25. The molecule has 8 heteroatoms. The zero-order chi connectivity index (χ0) is 12.2. The Kier molecular flexibility index (Phi) is 4.02. The van der Waals surface area contributed by atoms with Crippen LogP contribution < -0.4 is 5.32 Å². The van der Waals surface area contributed by atoms with Gasteiger partial charge in [-0.15, -0.1) is 0 Å². The molecule has 0 aromatic heterocycles. The minimum Gasteiger partial charge on any atom is -0.442 e. The highest BCUT2D eigenvalue weighted by molar-refractivity contribution is 7.87. The summed E-state index contributed by atoms with van der Waals surface area (Å²) >= 11 is 0. The highest BCUT2D eigenvalue weighted by Gasteiger charge is 2.35. The topological polar surface area (TPSA) is 98.8 Å². The summed E-state index contributed by atoms with van der Waals surface area (Å²) in [5, 5.41) is 2.17. The molecule has 0 aromatic rings. The van der Waals surface area contributed by atoms with E-state index in [1.165, 1.54) is 0 Å². The Bertz CT molecular complexity index is 401. The van der Waals surface area contributed by atoms with Crippen LogP contribution in [0.5, 0.6) is 0 Å². The van der Waals surface area contributed by atoms with Crippen LogP contribution in [0, 0.1) is 0 Å². The lowest BCUT2D eigenvalue weighted by molar-refractivity contribution is -0.145. The lowest BCUT2D eigenvalue weighted by Crippen LogP contribution is -2.32. The maximum atomic E-state index is 11.1. The first-order valence-electron chi connectivity index (χ1n) is 4.43. The zero-order valence-electron chi connectivity index (χ0n) is 8.34. The van der Waals surface area contributed by atoms with Gasteiger partial charge in [-0.3, -0.25) is 13.8 Å². The fourth-order valence-electron chi connectivity index (χ4n) is 1.02. The van der Waals surface area contributed by atoms with Gasteiger partial charge in [-0.1, -0.05) is 6.58 Å². The van der Waals surface area contributed by atoms with Crippen molar-refractivity contribution in [3.05, 3.63) is 12.7 Å². The first-order valence-corrected chi connectivity index (χ1v) is 5.91. The number of carbonyl (C=O) groups is 2. The van der Waals surface area contributed by atoms with E-state index in [0.29, 0.717) is 0 Å². The smallest absolute Gasteiger partial charge is 0.326 e. The third kappa shape index (κ3) is 3.31. The van der Waals surface area contributed by atoms with Crippen molar-refractivity contribution in [1.29, 1.82) is 0 Å². The van der Waals surface area contributed by atoms with Crippen molar-refractivity contribution in [2.45, 2.75) is 11.9 Å². The molecule has 1 saturated heterocycles. The van der Waals surface area contributed by atoms with Crippen LogP contribution in [0.1, 0.15) is 6.42 Å². The summed E-state index contributed by atoms with van der Waals surface area (Å²) in [6.07, 6.45) is 1.09. The van der Waals surface area contributed by atoms with Gasteiger partial charge in [-0.25, -0.2) is 0 Å². The van der Waals surface area contributed by atoms with Crippen LogP contribution in [0.2, 0.25) is 0 Å². The second kappa shape index (κ2) is 5.08. The van der Waals surface area contributed by atoms with E-state index in [9.17, 15) is 18.0 Å². The van der Waals surface area contributed by atoms with Crippen molar-refractivity contribution in [1.82, 2.24) is 5.32 Å². The lowest BCUT2D eigenvalue weighted by Gasteiger charge is -2.09. The lowest BCUT2D eigenvalue weighted by atomic mass is 10.5. The fourth-order valence-corrected chi connectivity index (χ4v) is 2.11. The van der Waals surface area contributed by atoms with Gasteiger partial charge in [0.25, 0.3) is 0 Å². The van der Waals surface area contributed by atoms with Crippen molar-refractivity contribution in [3.8, 4) is 0 Å². The summed E-state index contributed by atoms with van der Waals surface area (Å²) < 4.78 is 31.2. The zero-order valence-corrected chi connectivity index (χ0v) is 9.16. The molecule has 0 radical (unpaired) electrons. The number of ether oxygens (including phenoxy) is 1. The molecule has 16 heavy (non-hydrogen) atoms. The molecule has 1 aliphatic rings. The monoisotopic (exact) mass is 249 g/mol. The second-order valence-electron chi connectivity index (χ2n) is 2.94. The summed E-state index contributed by atoms with van der Waals surface area (Å²) in [6, 6.07) is 0. The van der Waals surface area contributed by atoms with Crippen LogP contribution in [0.3, 0.4) is 0 Å². The first-order chi connectivity index (χ1) is 7.45. The minimum atomic E-state index is -3.80. The van der Waals surface area contributed by atoms with Crippen LogP contribution >= 0.6 is 0 Å². The Labute approximate surface area is 92.5 Å². The molecule has 0 aliphatic carbocycles. The molecule has 7 nitrogen and oxygen atoms in total. The minimum absolute atomic E-state index is 0.000698. The second-order valence-corrected chi connectivity index (χ2v) is 4.69. The molecule has 0 spiro atoms. The summed E-state index contributed by atoms with van der Waals surface area (Å²) in [4.78, 5) is 21.8. The van der Waals surface area contributed by atoms with E-state index < -0.39 is 34.0 Å². The molecule has 1 heterocycles. The number of carbonyl (C=O) groups excluding carboxylic acids is 2. The van der Waals surface area contributed by atoms with E-state index in [1.807, 2.05) is 0 Å². The molecule has 0 saturated carbocycles. The molecule has 1 fully saturated rings. The van der Waals surface area contributed by atoms with Crippen LogP contribution in [0.25, 0.3) is 0 Å². The van der Waals surface area contributed by atoms with Crippen LogP contribution in [0.15, 0.2) is 12.7 Å². The molecular weight excluding hydrogens is 238 g/mol. The number of rotatable bonds is 4. The Balaban J connectivity index is 2.40. The highest BCUT2D eigenvalue weighted by Crippen LogP contribution is 2.18. The Morgan fingerprint density at radius 3 is 2.75 bits per heavy atom. The van der Waals surface area contributed by atoms with E-state index in [2.05, 4.69) is 20.8 Å². The normalized spacial score (nSPS) is 22.4. The molecule has 0 bridgehead atoms. The van der Waals surface area contributed by atoms with Crippen molar-refractivity contribution in [2.24, 2.45) is 0 Å². The average Bonchev–Trinajstić information content (AvgIpc) is 2.55. The van der Waals surface area contributed by atoms with Gasteiger partial charge < -0.3 is 10.1 Å². The highest BCUT2D eigenvalue weighted by atomic mass is 32.2. The van der Waals surface area contributed by atoms with Gasteiger partial charge in [0.1, 0.15) is 6.54 Å². The molecule has 1 N–H and O–H groups in total. The molecule has 1 aliphatic heterocycles. The van der Waals surface area contributed by atoms with E-state index in [-0.39, 0.29) is 13.0 Å². The summed E-state index contributed by atoms with van der Waals surface area (Å²) in [5.41, 5.74) is -1.28. The molecule has 1 atom stereocenters. The predicted octanol–water partition coefficient (Wildman–Crippen LogP) is -1.09. The van der Waals surface area contributed by atoms with Crippen molar-refractivity contribution in [3.63, 3.8) is 0 Å². The molecule has 1 unspecified atom stereocenters. The molecule has 90 valence electrons. The van der Waals surface area contributed by atoms with Gasteiger partial charge >= 0.3 is 16.1 Å². The van der Waals surface area contributed by atoms with Crippen molar-refractivity contribution in [2.75, 3.05) is 13.2 Å². The molecule has 0 aromatic carbocycles. The number of esters is 1. The van der Waals surface area contributed by atoms with Gasteiger partial charge in [0.05, 0.1) is 6.61 Å². The van der Waals surface area contributed by atoms with E-state index in [0.717, 1.165) is 6.08 Å². The fraction of sp³-hybridized carbons (Fsp3) is 0.500.